The molecule has 3 N–H and O–H groups in total. The van der Waals surface area contributed by atoms with Crippen LogP contribution in [0.15, 0.2) is 36.8 Å². The molecule has 2 atom stereocenters. The zero-order valence-electron chi connectivity index (χ0n) is 17.3. The van der Waals surface area contributed by atoms with Gasteiger partial charge in [-0.2, -0.15) is 9.61 Å². The van der Waals surface area contributed by atoms with Gasteiger partial charge in [-0.05, 0) is 18.6 Å². The lowest BCUT2D eigenvalue weighted by Crippen LogP contribution is -2.36. The lowest BCUT2D eigenvalue weighted by Gasteiger charge is -2.33. The monoisotopic (exact) mass is 421 g/mol. The zero-order valence-corrected chi connectivity index (χ0v) is 17.3. The van der Waals surface area contributed by atoms with Gasteiger partial charge in [-0.1, -0.05) is 0 Å². The number of hydrogen-bond donors (Lipinski definition) is 2. The zero-order chi connectivity index (χ0) is 21.5. The van der Waals surface area contributed by atoms with Gasteiger partial charge in [0.05, 0.1) is 24.5 Å². The molecule has 10 nitrogen and oxygen atoms in total. The number of nitrogens with zero attached hydrogens (tertiary/aromatic N) is 5. The molecule has 0 saturated carbocycles. The van der Waals surface area contributed by atoms with Gasteiger partial charge in [0.25, 0.3) is 5.91 Å². The number of anilines is 1. The largest absolute Gasteiger partial charge is 0.379 e. The van der Waals surface area contributed by atoms with Crippen LogP contribution in [0.5, 0.6) is 0 Å². The molecule has 10 heteroatoms. The van der Waals surface area contributed by atoms with Crippen LogP contribution >= 0.6 is 0 Å². The first-order chi connectivity index (χ1) is 15.1. The van der Waals surface area contributed by atoms with Gasteiger partial charge in [-0.3, -0.25) is 4.79 Å². The highest BCUT2D eigenvalue weighted by atomic mass is 16.5. The van der Waals surface area contributed by atoms with Crippen molar-refractivity contribution in [1.29, 1.82) is 0 Å². The summed E-state index contributed by atoms with van der Waals surface area (Å²) in [5.74, 6) is 0.965. The summed E-state index contributed by atoms with van der Waals surface area (Å²) in [6, 6.07) is 6.03. The van der Waals surface area contributed by atoms with Crippen LogP contribution in [-0.2, 0) is 9.47 Å². The first-order valence-corrected chi connectivity index (χ1v) is 10.0. The molecule has 3 aliphatic heterocycles. The van der Waals surface area contributed by atoms with Crippen molar-refractivity contribution in [3.63, 3.8) is 0 Å². The first kappa shape index (κ1) is 19.5. The van der Waals surface area contributed by atoms with Gasteiger partial charge in [0.1, 0.15) is 23.3 Å². The smallest absolute Gasteiger partial charge is 0.254 e. The van der Waals surface area contributed by atoms with Crippen molar-refractivity contribution in [2.75, 3.05) is 32.7 Å². The maximum absolute atomic E-state index is 11.8. The fraction of sp³-hybridized carbons (Fsp3) is 0.333. The number of primary amides is 1. The van der Waals surface area contributed by atoms with Crippen LogP contribution in [0, 0.1) is 0 Å². The molecule has 0 aromatic carbocycles. The Kier molecular flexibility index (Phi) is 4.79. The highest BCUT2D eigenvalue weighted by molar-refractivity contribution is 5.99. The number of nitrogens with two attached hydrogens (primary N) is 1. The second kappa shape index (κ2) is 7.64. The molecule has 31 heavy (non-hydrogen) atoms. The highest BCUT2D eigenvalue weighted by Crippen LogP contribution is 2.37. The molecule has 3 aliphatic rings. The third kappa shape index (κ3) is 3.11. The molecule has 0 bridgehead atoms. The van der Waals surface area contributed by atoms with Crippen molar-refractivity contribution in [2.45, 2.75) is 18.6 Å². The van der Waals surface area contributed by atoms with Crippen molar-refractivity contribution in [3.8, 4) is 22.6 Å². The van der Waals surface area contributed by atoms with E-state index in [1.165, 1.54) is 6.20 Å². The van der Waals surface area contributed by atoms with Crippen molar-refractivity contribution in [2.24, 2.45) is 5.73 Å². The average Bonchev–Trinajstić information content (AvgIpc) is 3.42. The van der Waals surface area contributed by atoms with Gasteiger partial charge in [-0.25, -0.2) is 9.97 Å². The molecule has 5 heterocycles. The van der Waals surface area contributed by atoms with Crippen LogP contribution in [0.4, 0.5) is 5.82 Å². The number of fused-ring (bicyclic) bond motifs is 2. The minimum absolute atomic E-state index is 0.0419. The molecule has 2 aromatic rings. The molecule has 0 aliphatic carbocycles. The van der Waals surface area contributed by atoms with Crippen molar-refractivity contribution >= 4 is 17.4 Å². The molecular weight excluding hydrogens is 398 g/mol. The Morgan fingerprint density at radius 3 is 3.00 bits per heavy atom. The fourth-order valence-corrected chi connectivity index (χ4v) is 4.23. The third-order valence-corrected chi connectivity index (χ3v) is 5.80. The molecular formula is C21H23N7O3. The second-order valence-corrected chi connectivity index (χ2v) is 7.46. The molecule has 1 amide bonds. The van der Waals surface area contributed by atoms with Crippen molar-refractivity contribution in [1.82, 2.24) is 24.1 Å². The number of methoxy groups -OCH3 is 1. The average molecular weight is 421 g/mol. The maximum atomic E-state index is 11.8. The number of rotatable bonds is 5. The summed E-state index contributed by atoms with van der Waals surface area (Å²) in [5.41, 5.74) is 8.68. The molecule has 0 unspecified atom stereocenters. The Morgan fingerprint density at radius 1 is 1.35 bits per heavy atom. The van der Waals surface area contributed by atoms with Gasteiger partial charge in [0.15, 0.2) is 5.65 Å². The standard InChI is InChI=1S/C21H23N7O3/c1-23-18-8-15(26-21-14(19(22)29)10-25-28(18)21)13-9-24-20-12(13)4-3-6-27(20)16-5-7-31-11-17(16)30-2/h3-4,6,8-10,16-17,23H,5,7,11H2,1-2H3,(H2,22,29)/t16-,17-/m0/s1. The summed E-state index contributed by atoms with van der Waals surface area (Å²) in [6.07, 6.45) is 6.07. The lowest BCUT2D eigenvalue weighted by molar-refractivity contribution is -0.0600. The third-order valence-electron chi connectivity index (χ3n) is 5.80. The Hall–Kier alpha value is -3.50. The van der Waals surface area contributed by atoms with E-state index in [0.717, 1.165) is 23.4 Å². The number of carbonyl (C=O) groups excluding carboxylic acids is 1. The van der Waals surface area contributed by atoms with E-state index in [2.05, 4.69) is 15.0 Å². The summed E-state index contributed by atoms with van der Waals surface area (Å²) in [7, 11) is 3.49. The first-order valence-electron chi connectivity index (χ1n) is 10.0. The quantitative estimate of drug-likeness (QED) is 0.504. The number of nitrogens with one attached hydrogen (secondary N) is 1. The van der Waals surface area contributed by atoms with Crippen LogP contribution in [-0.4, -0.2) is 63.5 Å². The van der Waals surface area contributed by atoms with E-state index >= 15 is 0 Å². The normalized spacial score (nSPS) is 19.2. The number of ether oxygens (including phenoxy) is 2. The number of pyridine rings is 1. The minimum Gasteiger partial charge on any atom is -0.379 e. The summed E-state index contributed by atoms with van der Waals surface area (Å²) < 4.78 is 15.0. The Labute approximate surface area is 178 Å². The van der Waals surface area contributed by atoms with Crippen molar-refractivity contribution in [3.05, 3.63) is 42.4 Å². The maximum Gasteiger partial charge on any atom is 0.254 e. The fourth-order valence-electron chi connectivity index (χ4n) is 4.23. The summed E-state index contributed by atoms with van der Waals surface area (Å²) in [6.45, 7) is 1.24. The summed E-state index contributed by atoms with van der Waals surface area (Å²) in [5, 5.41) is 7.34. The Balaban J connectivity index is 1.63. The Morgan fingerprint density at radius 2 is 2.23 bits per heavy atom. The molecule has 160 valence electrons. The van der Waals surface area contributed by atoms with Gasteiger partial charge in [-0.15, -0.1) is 0 Å². The van der Waals surface area contributed by atoms with E-state index in [1.54, 1.807) is 24.9 Å². The van der Waals surface area contributed by atoms with E-state index in [4.69, 9.17) is 25.2 Å². The van der Waals surface area contributed by atoms with E-state index in [1.807, 2.05) is 24.4 Å². The van der Waals surface area contributed by atoms with Crippen LogP contribution in [0.2, 0.25) is 0 Å². The van der Waals surface area contributed by atoms with Crippen LogP contribution in [0.25, 0.3) is 28.3 Å². The van der Waals surface area contributed by atoms with Gasteiger partial charge >= 0.3 is 0 Å². The van der Waals surface area contributed by atoms with E-state index in [-0.39, 0.29) is 17.7 Å². The number of aromatic nitrogens is 5. The number of hydrogen-bond acceptors (Lipinski definition) is 7. The molecule has 5 rings (SSSR count). The molecule has 2 aromatic heterocycles. The van der Waals surface area contributed by atoms with Gasteiger partial charge in [0, 0.05) is 50.4 Å². The summed E-state index contributed by atoms with van der Waals surface area (Å²) >= 11 is 0. The molecule has 0 spiro atoms. The van der Waals surface area contributed by atoms with Crippen LogP contribution < -0.4 is 11.1 Å². The van der Waals surface area contributed by atoms with E-state index in [0.29, 0.717) is 30.4 Å². The SMILES string of the molecule is CNc1cc(-c2cnc3n([C@H]4CCOC[C@@H]4OC)cccc2-3)nc2c(C(N)=O)cnn12. The molecule has 1 saturated heterocycles. The van der Waals surface area contributed by atoms with Gasteiger partial charge < -0.3 is 25.1 Å². The lowest BCUT2D eigenvalue weighted by atomic mass is 10.0. The van der Waals surface area contributed by atoms with Crippen LogP contribution in [0.3, 0.4) is 0 Å². The number of amides is 1. The second-order valence-electron chi connectivity index (χ2n) is 7.46. The topological polar surface area (TPSA) is 122 Å². The molecule has 0 radical (unpaired) electrons. The van der Waals surface area contributed by atoms with Crippen molar-refractivity contribution < 1.29 is 14.3 Å². The minimum atomic E-state index is -0.574. The van der Waals surface area contributed by atoms with Gasteiger partial charge in [0.2, 0.25) is 0 Å². The predicted octanol–water partition coefficient (Wildman–Crippen LogP) is 1.81. The Bertz CT molecular complexity index is 1230. The highest BCUT2D eigenvalue weighted by Gasteiger charge is 2.30. The van der Waals surface area contributed by atoms with E-state index < -0.39 is 5.91 Å². The summed E-state index contributed by atoms with van der Waals surface area (Å²) in [4.78, 5) is 21.2. The van der Waals surface area contributed by atoms with Crippen LogP contribution in [0.1, 0.15) is 22.8 Å². The number of carbonyl (C=O) groups is 1. The predicted molar refractivity (Wildman–Crippen MR) is 114 cm³/mol. The van der Waals surface area contributed by atoms with E-state index in [9.17, 15) is 4.79 Å². The molecule has 1 fully saturated rings.